The number of morpholine rings is 1. The van der Waals surface area contributed by atoms with Crippen molar-refractivity contribution in [2.24, 2.45) is 5.92 Å². The van der Waals surface area contributed by atoms with Crippen molar-refractivity contribution in [2.45, 2.75) is 6.42 Å². The average Bonchev–Trinajstić information content (AvgIpc) is 3.02. The van der Waals surface area contributed by atoms with Crippen LogP contribution in [0.5, 0.6) is 0 Å². The van der Waals surface area contributed by atoms with E-state index in [1.807, 2.05) is 0 Å². The highest BCUT2D eigenvalue weighted by Gasteiger charge is 2.28. The van der Waals surface area contributed by atoms with E-state index in [1.165, 1.54) is 0 Å². The molecule has 132 valence electrons. The van der Waals surface area contributed by atoms with Gasteiger partial charge in [0, 0.05) is 44.9 Å². The fourth-order valence-electron chi connectivity index (χ4n) is 3.13. The molecule has 0 radical (unpaired) electrons. The van der Waals surface area contributed by atoms with E-state index in [4.69, 9.17) is 4.74 Å². The predicted molar refractivity (Wildman–Crippen MR) is 82.3 cm³/mol. The van der Waals surface area contributed by atoms with Gasteiger partial charge >= 0.3 is 6.03 Å². The molecule has 0 spiro atoms. The number of nitrogens with one attached hydrogen (secondary N) is 1. The molecule has 2 aliphatic rings. The van der Waals surface area contributed by atoms with Crippen LogP contribution in [-0.2, 0) is 4.74 Å². The lowest BCUT2D eigenvalue weighted by atomic mass is 10.1. The zero-order valence-corrected chi connectivity index (χ0v) is 13.2. The SMILES string of the molecule is O=C(Nc1cc(F)c(F)cc1F)N1CCC(CN2CCOCC2)C1. The van der Waals surface area contributed by atoms with Crippen LogP contribution < -0.4 is 5.32 Å². The molecule has 2 saturated heterocycles. The second kappa shape index (κ2) is 7.40. The molecule has 1 aromatic carbocycles. The average molecular weight is 343 g/mol. The van der Waals surface area contributed by atoms with Crippen molar-refractivity contribution in [2.75, 3.05) is 51.3 Å². The number of anilines is 1. The quantitative estimate of drug-likeness (QED) is 0.857. The summed E-state index contributed by atoms with van der Waals surface area (Å²) in [6, 6.07) is 0.587. The zero-order chi connectivity index (χ0) is 17.1. The number of halogens is 3. The molecule has 1 unspecified atom stereocenters. The topological polar surface area (TPSA) is 44.8 Å². The Morgan fingerprint density at radius 3 is 2.58 bits per heavy atom. The van der Waals surface area contributed by atoms with Crippen molar-refractivity contribution in [1.82, 2.24) is 9.80 Å². The van der Waals surface area contributed by atoms with Crippen LogP contribution >= 0.6 is 0 Å². The molecule has 2 heterocycles. The first-order valence-electron chi connectivity index (χ1n) is 8.03. The van der Waals surface area contributed by atoms with E-state index in [2.05, 4.69) is 10.2 Å². The molecular weight excluding hydrogens is 323 g/mol. The van der Waals surface area contributed by atoms with Crippen LogP contribution in [0.15, 0.2) is 12.1 Å². The predicted octanol–water partition coefficient (Wildman–Crippen LogP) is 2.29. The minimum absolute atomic E-state index is 0.351. The number of ether oxygens (including phenoxy) is 1. The van der Waals surface area contributed by atoms with Crippen molar-refractivity contribution in [3.05, 3.63) is 29.6 Å². The number of hydrogen-bond acceptors (Lipinski definition) is 3. The second-order valence-electron chi connectivity index (χ2n) is 6.19. The second-order valence-corrected chi connectivity index (χ2v) is 6.19. The van der Waals surface area contributed by atoms with E-state index >= 15 is 0 Å². The van der Waals surface area contributed by atoms with Gasteiger partial charge in [-0.05, 0) is 12.3 Å². The van der Waals surface area contributed by atoms with Gasteiger partial charge in [0.15, 0.2) is 11.6 Å². The van der Waals surface area contributed by atoms with Gasteiger partial charge in [-0.3, -0.25) is 4.90 Å². The highest BCUT2D eigenvalue weighted by atomic mass is 19.2. The van der Waals surface area contributed by atoms with Gasteiger partial charge in [0.05, 0.1) is 18.9 Å². The molecule has 3 rings (SSSR count). The molecule has 0 aromatic heterocycles. The van der Waals surface area contributed by atoms with Crippen molar-refractivity contribution in [1.29, 1.82) is 0 Å². The third kappa shape index (κ3) is 3.99. The van der Waals surface area contributed by atoms with Crippen molar-refractivity contribution in [3.63, 3.8) is 0 Å². The van der Waals surface area contributed by atoms with E-state index < -0.39 is 23.5 Å². The van der Waals surface area contributed by atoms with E-state index in [0.717, 1.165) is 39.3 Å². The Kier molecular flexibility index (Phi) is 5.25. The van der Waals surface area contributed by atoms with Crippen LogP contribution in [0.4, 0.5) is 23.7 Å². The third-order valence-electron chi connectivity index (χ3n) is 4.44. The lowest BCUT2D eigenvalue weighted by Crippen LogP contribution is -2.40. The van der Waals surface area contributed by atoms with Gasteiger partial charge < -0.3 is 15.0 Å². The first-order valence-corrected chi connectivity index (χ1v) is 8.03. The summed E-state index contributed by atoms with van der Waals surface area (Å²) >= 11 is 0. The van der Waals surface area contributed by atoms with Crippen LogP contribution in [0.3, 0.4) is 0 Å². The fraction of sp³-hybridized carbons (Fsp3) is 0.562. The molecule has 24 heavy (non-hydrogen) atoms. The normalized spacial score (nSPS) is 22.0. The lowest BCUT2D eigenvalue weighted by molar-refractivity contribution is 0.0314. The molecular formula is C16H20F3N3O2. The molecule has 2 fully saturated rings. The molecule has 1 atom stereocenters. The Balaban J connectivity index is 1.54. The van der Waals surface area contributed by atoms with Gasteiger partial charge in [-0.1, -0.05) is 0 Å². The van der Waals surface area contributed by atoms with Crippen molar-refractivity contribution < 1.29 is 22.7 Å². The third-order valence-corrected chi connectivity index (χ3v) is 4.44. The fourth-order valence-corrected chi connectivity index (χ4v) is 3.13. The van der Waals surface area contributed by atoms with Gasteiger partial charge in [-0.25, -0.2) is 18.0 Å². The number of likely N-dealkylation sites (tertiary alicyclic amines) is 1. The molecule has 0 saturated carbocycles. The summed E-state index contributed by atoms with van der Waals surface area (Å²) in [4.78, 5) is 16.1. The molecule has 0 bridgehead atoms. The molecule has 1 aromatic rings. The Hall–Kier alpha value is -1.80. The number of urea groups is 1. The van der Waals surface area contributed by atoms with Crippen LogP contribution in [0.25, 0.3) is 0 Å². The summed E-state index contributed by atoms with van der Waals surface area (Å²) in [5, 5.41) is 2.32. The standard InChI is InChI=1S/C16H20F3N3O2/c17-12-7-14(19)15(8-13(12)18)20-16(23)22-2-1-11(10-22)9-21-3-5-24-6-4-21/h7-8,11H,1-6,9-10H2,(H,20,23). The van der Waals surface area contributed by atoms with Crippen LogP contribution in [-0.4, -0.2) is 61.8 Å². The van der Waals surface area contributed by atoms with Crippen LogP contribution in [0, 0.1) is 23.4 Å². The number of amides is 2. The Bertz CT molecular complexity index is 608. The summed E-state index contributed by atoms with van der Waals surface area (Å²) in [6.45, 7) is 5.26. The Labute approximate surface area is 138 Å². The summed E-state index contributed by atoms with van der Waals surface area (Å²) in [5.74, 6) is -3.12. The molecule has 2 amide bonds. The highest BCUT2D eigenvalue weighted by Crippen LogP contribution is 2.22. The molecule has 8 heteroatoms. The monoisotopic (exact) mass is 343 g/mol. The Morgan fingerprint density at radius 1 is 1.12 bits per heavy atom. The molecule has 1 N–H and O–H groups in total. The summed E-state index contributed by atoms with van der Waals surface area (Å²) < 4.78 is 45.0. The lowest BCUT2D eigenvalue weighted by Gasteiger charge is -2.29. The highest BCUT2D eigenvalue weighted by molar-refractivity contribution is 5.89. The zero-order valence-electron chi connectivity index (χ0n) is 13.2. The number of rotatable bonds is 3. The maximum absolute atomic E-state index is 13.6. The van der Waals surface area contributed by atoms with E-state index in [9.17, 15) is 18.0 Å². The molecule has 5 nitrogen and oxygen atoms in total. The van der Waals surface area contributed by atoms with Crippen LogP contribution in [0.2, 0.25) is 0 Å². The van der Waals surface area contributed by atoms with E-state index in [0.29, 0.717) is 31.1 Å². The van der Waals surface area contributed by atoms with Crippen molar-refractivity contribution >= 4 is 11.7 Å². The minimum Gasteiger partial charge on any atom is -0.379 e. The summed E-state index contributed by atoms with van der Waals surface area (Å²) in [6.07, 6.45) is 0.866. The number of benzene rings is 1. The summed E-state index contributed by atoms with van der Waals surface area (Å²) in [7, 11) is 0. The number of hydrogen-bond donors (Lipinski definition) is 1. The van der Waals surface area contributed by atoms with Crippen LogP contribution in [0.1, 0.15) is 6.42 Å². The molecule has 2 aliphatic heterocycles. The van der Waals surface area contributed by atoms with Gasteiger partial charge in [0.1, 0.15) is 5.82 Å². The van der Waals surface area contributed by atoms with E-state index in [-0.39, 0.29) is 5.69 Å². The Morgan fingerprint density at radius 2 is 1.83 bits per heavy atom. The van der Waals surface area contributed by atoms with E-state index in [1.54, 1.807) is 4.90 Å². The molecule has 0 aliphatic carbocycles. The largest absolute Gasteiger partial charge is 0.379 e. The first-order chi connectivity index (χ1) is 11.5. The smallest absolute Gasteiger partial charge is 0.321 e. The number of carbonyl (C=O) groups is 1. The van der Waals surface area contributed by atoms with Gasteiger partial charge in [-0.15, -0.1) is 0 Å². The maximum atomic E-state index is 13.6. The summed E-state index contributed by atoms with van der Waals surface area (Å²) in [5.41, 5.74) is -0.351. The van der Waals surface area contributed by atoms with Crippen molar-refractivity contribution in [3.8, 4) is 0 Å². The first kappa shape index (κ1) is 17.0. The number of carbonyl (C=O) groups excluding carboxylic acids is 1. The van der Waals surface area contributed by atoms with Gasteiger partial charge in [0.2, 0.25) is 0 Å². The number of nitrogens with zero attached hydrogens (tertiary/aromatic N) is 2. The van der Waals surface area contributed by atoms with Gasteiger partial charge in [-0.2, -0.15) is 0 Å². The minimum atomic E-state index is -1.28. The van der Waals surface area contributed by atoms with Gasteiger partial charge in [0.25, 0.3) is 0 Å². The maximum Gasteiger partial charge on any atom is 0.321 e.